The molecule has 4 aromatic rings. The van der Waals surface area contributed by atoms with E-state index < -0.39 is 11.8 Å². The molecule has 0 saturated carbocycles. The fraction of sp³-hybridized carbons (Fsp3) is 0. The fourth-order valence-corrected chi connectivity index (χ4v) is 2.89. The van der Waals surface area contributed by atoms with Crippen molar-refractivity contribution in [1.29, 1.82) is 0 Å². The Morgan fingerprint density at radius 2 is 1.92 bits per heavy atom. The van der Waals surface area contributed by atoms with E-state index in [1.165, 1.54) is 36.4 Å². The van der Waals surface area contributed by atoms with E-state index in [0.29, 0.717) is 16.0 Å². The molecule has 0 aliphatic heterocycles. The highest BCUT2D eigenvalue weighted by Crippen LogP contribution is 2.34. The number of halogens is 3. The summed E-state index contributed by atoms with van der Waals surface area (Å²) in [7, 11) is 0. The van der Waals surface area contributed by atoms with Crippen LogP contribution in [0.4, 0.5) is 4.39 Å². The second kappa shape index (κ2) is 6.12. The van der Waals surface area contributed by atoms with Crippen LogP contribution in [-0.4, -0.2) is 21.2 Å². The van der Waals surface area contributed by atoms with Gasteiger partial charge in [0.15, 0.2) is 17.2 Å². The minimum Gasteiger partial charge on any atom is -0.478 e. The van der Waals surface area contributed by atoms with Crippen molar-refractivity contribution in [2.45, 2.75) is 0 Å². The zero-order chi connectivity index (χ0) is 18.4. The molecule has 0 amide bonds. The van der Waals surface area contributed by atoms with E-state index >= 15 is 0 Å². The van der Waals surface area contributed by atoms with E-state index in [4.69, 9.17) is 37.2 Å². The van der Waals surface area contributed by atoms with Gasteiger partial charge in [0, 0.05) is 10.9 Å². The lowest BCUT2D eigenvalue weighted by atomic mass is 10.1. The van der Waals surface area contributed by atoms with Gasteiger partial charge in [0.2, 0.25) is 5.82 Å². The second-order valence-corrected chi connectivity index (χ2v) is 6.12. The first-order valence-electron chi connectivity index (χ1n) is 7.19. The third kappa shape index (κ3) is 2.71. The molecule has 0 radical (unpaired) electrons. The second-order valence-electron chi connectivity index (χ2n) is 5.31. The van der Waals surface area contributed by atoms with Gasteiger partial charge in [0.05, 0.1) is 15.6 Å². The Hall–Kier alpha value is -2.90. The van der Waals surface area contributed by atoms with E-state index in [1.807, 2.05) is 0 Å². The molecule has 0 saturated heterocycles. The van der Waals surface area contributed by atoms with Crippen molar-refractivity contribution in [1.82, 2.24) is 10.1 Å². The van der Waals surface area contributed by atoms with Gasteiger partial charge in [-0.25, -0.2) is 9.18 Å². The zero-order valence-corrected chi connectivity index (χ0v) is 14.2. The van der Waals surface area contributed by atoms with Crippen LogP contribution in [0.2, 0.25) is 10.0 Å². The Morgan fingerprint density at radius 3 is 2.62 bits per heavy atom. The maximum absolute atomic E-state index is 13.8. The first kappa shape index (κ1) is 16.6. The highest BCUT2D eigenvalue weighted by molar-refractivity contribution is 6.35. The van der Waals surface area contributed by atoms with Crippen molar-refractivity contribution in [3.63, 3.8) is 0 Å². The third-order valence-electron chi connectivity index (χ3n) is 3.68. The third-order valence-corrected chi connectivity index (χ3v) is 4.32. The number of rotatable bonds is 3. The van der Waals surface area contributed by atoms with Crippen molar-refractivity contribution >= 4 is 40.1 Å². The van der Waals surface area contributed by atoms with E-state index in [9.17, 15) is 9.18 Å². The molecule has 2 aromatic carbocycles. The molecular formula is C17H7Cl2FN2O4. The van der Waals surface area contributed by atoms with Crippen molar-refractivity contribution in [2.24, 2.45) is 0 Å². The number of aromatic nitrogens is 2. The van der Waals surface area contributed by atoms with Gasteiger partial charge in [0.1, 0.15) is 0 Å². The van der Waals surface area contributed by atoms with Crippen molar-refractivity contribution in [3.8, 4) is 23.0 Å². The SMILES string of the molecule is O=C(O)c1ccc(-c2noc(-c3cc4c(Cl)ccc(F)c4o3)n2)c(Cl)c1. The highest BCUT2D eigenvalue weighted by atomic mass is 35.5. The monoisotopic (exact) mass is 392 g/mol. The largest absolute Gasteiger partial charge is 0.478 e. The molecule has 0 unspecified atom stereocenters. The number of carboxylic acid groups (broad SMARTS) is 1. The fourth-order valence-electron chi connectivity index (χ4n) is 2.43. The quantitative estimate of drug-likeness (QED) is 0.509. The Kier molecular flexibility index (Phi) is 3.90. The van der Waals surface area contributed by atoms with Crippen molar-refractivity contribution < 1.29 is 23.2 Å². The molecule has 1 N–H and O–H groups in total. The van der Waals surface area contributed by atoms with Gasteiger partial charge in [-0.2, -0.15) is 4.98 Å². The highest BCUT2D eigenvalue weighted by Gasteiger charge is 2.19. The lowest BCUT2D eigenvalue weighted by Gasteiger charge is -2.00. The lowest BCUT2D eigenvalue weighted by molar-refractivity contribution is 0.0697. The number of hydrogen-bond acceptors (Lipinski definition) is 5. The molecule has 0 aliphatic carbocycles. The summed E-state index contributed by atoms with van der Waals surface area (Å²) in [6.07, 6.45) is 0. The molecule has 0 fully saturated rings. The Balaban J connectivity index is 1.76. The first-order chi connectivity index (χ1) is 12.4. The molecule has 9 heteroatoms. The van der Waals surface area contributed by atoms with Gasteiger partial charge in [-0.15, -0.1) is 0 Å². The Labute approximate surface area is 154 Å². The molecule has 0 aliphatic rings. The zero-order valence-electron chi connectivity index (χ0n) is 12.7. The van der Waals surface area contributed by atoms with Gasteiger partial charge in [-0.1, -0.05) is 28.4 Å². The Bertz CT molecular complexity index is 1130. The van der Waals surface area contributed by atoms with Gasteiger partial charge >= 0.3 is 5.97 Å². The standard InChI is InChI=1S/C17H7Cl2FN2O4/c18-10-3-4-12(20)14-9(10)6-13(25-14)16-21-15(22-26-16)8-2-1-7(17(23)24)5-11(8)19/h1-6H,(H,23,24). The van der Waals surface area contributed by atoms with Gasteiger partial charge < -0.3 is 14.0 Å². The topological polar surface area (TPSA) is 89.4 Å². The molecular weight excluding hydrogens is 386 g/mol. The van der Waals surface area contributed by atoms with Crippen LogP contribution in [0, 0.1) is 5.82 Å². The molecule has 0 bridgehead atoms. The summed E-state index contributed by atoms with van der Waals surface area (Å²) in [6, 6.07) is 8.23. The van der Waals surface area contributed by atoms with Gasteiger partial charge in [-0.05, 0) is 36.4 Å². The normalized spacial score (nSPS) is 11.2. The molecule has 6 nitrogen and oxygen atoms in total. The van der Waals surface area contributed by atoms with Crippen LogP contribution >= 0.6 is 23.2 Å². The molecule has 4 rings (SSSR count). The number of nitrogens with zero attached hydrogens (tertiary/aromatic N) is 2. The van der Waals surface area contributed by atoms with E-state index in [0.717, 1.165) is 0 Å². The van der Waals surface area contributed by atoms with Gasteiger partial charge in [0.25, 0.3) is 5.89 Å². The average Bonchev–Trinajstić information content (AvgIpc) is 3.25. The summed E-state index contributed by atoms with van der Waals surface area (Å²) in [4.78, 5) is 15.1. The van der Waals surface area contributed by atoms with E-state index in [2.05, 4.69) is 10.1 Å². The molecule has 0 spiro atoms. The van der Waals surface area contributed by atoms with Crippen LogP contribution in [0.3, 0.4) is 0 Å². The number of hydrogen-bond donors (Lipinski definition) is 1. The Morgan fingerprint density at radius 1 is 1.12 bits per heavy atom. The van der Waals surface area contributed by atoms with Crippen LogP contribution in [0.15, 0.2) is 45.3 Å². The summed E-state index contributed by atoms with van der Waals surface area (Å²) in [5, 5.41) is 13.6. The molecule has 2 heterocycles. The van der Waals surface area contributed by atoms with Crippen LogP contribution in [-0.2, 0) is 0 Å². The van der Waals surface area contributed by atoms with E-state index in [1.54, 1.807) is 0 Å². The number of aromatic carboxylic acids is 1. The van der Waals surface area contributed by atoms with Crippen LogP contribution in [0.25, 0.3) is 34.0 Å². The summed E-state index contributed by atoms with van der Waals surface area (Å²) in [5.74, 6) is -1.39. The maximum Gasteiger partial charge on any atom is 0.335 e. The number of furan rings is 1. The minimum absolute atomic E-state index is 0.00467. The molecule has 26 heavy (non-hydrogen) atoms. The van der Waals surface area contributed by atoms with Crippen LogP contribution in [0.1, 0.15) is 10.4 Å². The molecule has 0 atom stereocenters. The van der Waals surface area contributed by atoms with Crippen LogP contribution in [0.5, 0.6) is 0 Å². The lowest BCUT2D eigenvalue weighted by Crippen LogP contribution is -1.96. The smallest absolute Gasteiger partial charge is 0.335 e. The van der Waals surface area contributed by atoms with Crippen LogP contribution < -0.4 is 0 Å². The maximum atomic E-state index is 13.8. The van der Waals surface area contributed by atoms with Crippen molar-refractivity contribution in [2.75, 3.05) is 0 Å². The number of carbonyl (C=O) groups is 1. The predicted molar refractivity (Wildman–Crippen MR) is 91.9 cm³/mol. The molecule has 2 aromatic heterocycles. The van der Waals surface area contributed by atoms with Gasteiger partial charge in [-0.3, -0.25) is 0 Å². The summed E-state index contributed by atoms with van der Waals surface area (Å²) >= 11 is 12.1. The molecule has 130 valence electrons. The first-order valence-corrected chi connectivity index (χ1v) is 7.94. The number of fused-ring (bicyclic) bond motifs is 1. The number of carboxylic acids is 1. The summed E-state index contributed by atoms with van der Waals surface area (Å²) < 4.78 is 24.4. The summed E-state index contributed by atoms with van der Waals surface area (Å²) in [5.41, 5.74) is 0.396. The minimum atomic E-state index is -1.10. The van der Waals surface area contributed by atoms with E-state index in [-0.39, 0.29) is 33.6 Å². The van der Waals surface area contributed by atoms with Crippen molar-refractivity contribution in [3.05, 3.63) is 57.8 Å². The number of benzene rings is 2. The summed E-state index contributed by atoms with van der Waals surface area (Å²) in [6.45, 7) is 0. The predicted octanol–water partition coefficient (Wildman–Crippen LogP) is 5.29. The average molecular weight is 393 g/mol.